The van der Waals surface area contributed by atoms with Crippen molar-refractivity contribution in [2.75, 3.05) is 5.32 Å². The summed E-state index contributed by atoms with van der Waals surface area (Å²) in [5.41, 5.74) is 1.56. The highest BCUT2D eigenvalue weighted by Crippen LogP contribution is 2.16. The van der Waals surface area contributed by atoms with E-state index in [1.807, 2.05) is 22.9 Å². The Morgan fingerprint density at radius 1 is 1.36 bits per heavy atom. The van der Waals surface area contributed by atoms with Crippen LogP contribution in [-0.2, 0) is 14.3 Å². The van der Waals surface area contributed by atoms with Crippen LogP contribution >= 0.6 is 27.3 Å². The lowest BCUT2D eigenvalue weighted by Crippen LogP contribution is -2.29. The Labute approximate surface area is 140 Å². The second kappa shape index (κ2) is 7.91. The van der Waals surface area contributed by atoms with Crippen LogP contribution in [0, 0.1) is 0 Å². The number of benzene rings is 1. The van der Waals surface area contributed by atoms with Gasteiger partial charge in [0.15, 0.2) is 6.10 Å². The summed E-state index contributed by atoms with van der Waals surface area (Å²) in [4.78, 5) is 23.6. The van der Waals surface area contributed by atoms with Gasteiger partial charge in [0.25, 0.3) is 5.91 Å². The highest BCUT2D eigenvalue weighted by molar-refractivity contribution is 9.10. The number of anilines is 1. The molecule has 1 atom stereocenters. The Morgan fingerprint density at radius 3 is 2.86 bits per heavy atom. The number of ether oxygens (including phenoxy) is 1. The van der Waals surface area contributed by atoms with Crippen molar-refractivity contribution in [1.82, 2.24) is 0 Å². The molecule has 0 aliphatic rings. The molecule has 0 aliphatic heterocycles. The Balaban J connectivity index is 1.87. The molecule has 0 unspecified atom stereocenters. The molecule has 6 heteroatoms. The lowest BCUT2D eigenvalue weighted by Gasteiger charge is -2.12. The topological polar surface area (TPSA) is 55.4 Å². The van der Waals surface area contributed by atoms with Gasteiger partial charge in [-0.25, -0.2) is 4.79 Å². The minimum Gasteiger partial charge on any atom is -0.449 e. The second-order valence-corrected chi connectivity index (χ2v) is 6.16. The first-order valence-electron chi connectivity index (χ1n) is 6.52. The third-order valence-corrected chi connectivity index (χ3v) is 3.90. The highest BCUT2D eigenvalue weighted by atomic mass is 79.9. The first-order valence-corrected chi connectivity index (χ1v) is 8.25. The lowest BCUT2D eigenvalue weighted by molar-refractivity contribution is -0.148. The molecule has 0 saturated heterocycles. The van der Waals surface area contributed by atoms with E-state index in [9.17, 15) is 9.59 Å². The molecule has 2 aromatic rings. The van der Waals surface area contributed by atoms with Crippen molar-refractivity contribution in [3.63, 3.8) is 0 Å². The molecule has 0 fully saturated rings. The van der Waals surface area contributed by atoms with Crippen molar-refractivity contribution in [3.05, 3.63) is 57.2 Å². The first-order chi connectivity index (χ1) is 10.5. The molecule has 0 spiro atoms. The second-order valence-electron chi connectivity index (χ2n) is 4.47. The first kappa shape index (κ1) is 16.5. The van der Waals surface area contributed by atoms with Gasteiger partial charge in [0.2, 0.25) is 0 Å². The number of amides is 1. The fourth-order valence-corrected chi connectivity index (χ4v) is 2.64. The number of esters is 1. The molecule has 0 aliphatic carbocycles. The van der Waals surface area contributed by atoms with Gasteiger partial charge in [-0.1, -0.05) is 22.0 Å². The molecule has 1 aromatic heterocycles. The van der Waals surface area contributed by atoms with Crippen molar-refractivity contribution in [3.8, 4) is 0 Å². The van der Waals surface area contributed by atoms with Crippen LogP contribution in [0.4, 0.5) is 5.69 Å². The Bertz CT molecular complexity index is 682. The molecule has 0 bridgehead atoms. The van der Waals surface area contributed by atoms with Gasteiger partial charge in [-0.2, -0.15) is 11.3 Å². The van der Waals surface area contributed by atoms with E-state index in [1.165, 1.54) is 13.0 Å². The standard InChI is InChI=1S/C16H14BrNO3S/c1-11(16(20)18-14-4-2-3-13(17)9-14)21-15(19)6-5-12-7-8-22-10-12/h2-11H,1H3,(H,18,20)/b6-5+/t11-/m1/s1. The number of carbonyl (C=O) groups excluding carboxylic acids is 2. The predicted octanol–water partition coefficient (Wildman–Crippen LogP) is 4.09. The van der Waals surface area contributed by atoms with Crippen LogP contribution < -0.4 is 5.32 Å². The van der Waals surface area contributed by atoms with Crippen molar-refractivity contribution < 1.29 is 14.3 Å². The number of hydrogen-bond acceptors (Lipinski definition) is 4. The zero-order valence-corrected chi connectivity index (χ0v) is 14.2. The summed E-state index contributed by atoms with van der Waals surface area (Å²) in [6, 6.07) is 9.07. The summed E-state index contributed by atoms with van der Waals surface area (Å²) in [5, 5.41) is 6.51. The molecule has 0 saturated carbocycles. The van der Waals surface area contributed by atoms with Gasteiger partial charge in [0.1, 0.15) is 0 Å². The van der Waals surface area contributed by atoms with Crippen LogP contribution in [0.5, 0.6) is 0 Å². The van der Waals surface area contributed by atoms with E-state index in [0.29, 0.717) is 5.69 Å². The van der Waals surface area contributed by atoms with E-state index in [0.717, 1.165) is 10.0 Å². The molecule has 22 heavy (non-hydrogen) atoms. The number of hydrogen-bond donors (Lipinski definition) is 1. The van der Waals surface area contributed by atoms with E-state index in [4.69, 9.17) is 4.74 Å². The quantitative estimate of drug-likeness (QED) is 0.628. The number of carbonyl (C=O) groups is 2. The fraction of sp³-hybridized carbons (Fsp3) is 0.125. The third-order valence-electron chi connectivity index (χ3n) is 2.71. The smallest absolute Gasteiger partial charge is 0.331 e. The summed E-state index contributed by atoms with van der Waals surface area (Å²) < 4.78 is 5.92. The zero-order chi connectivity index (χ0) is 15.9. The van der Waals surface area contributed by atoms with Crippen LogP contribution in [0.3, 0.4) is 0 Å². The molecule has 4 nitrogen and oxygen atoms in total. The van der Waals surface area contributed by atoms with Crippen molar-refractivity contribution in [1.29, 1.82) is 0 Å². The maximum Gasteiger partial charge on any atom is 0.331 e. The molecule has 2 rings (SSSR count). The van der Waals surface area contributed by atoms with Crippen LogP contribution in [0.1, 0.15) is 12.5 Å². The summed E-state index contributed by atoms with van der Waals surface area (Å²) >= 11 is 4.86. The monoisotopic (exact) mass is 379 g/mol. The number of rotatable bonds is 5. The summed E-state index contributed by atoms with van der Waals surface area (Å²) in [6.45, 7) is 1.53. The lowest BCUT2D eigenvalue weighted by atomic mass is 10.3. The maximum atomic E-state index is 12.0. The van der Waals surface area contributed by atoms with Gasteiger partial charge < -0.3 is 10.1 Å². The highest BCUT2D eigenvalue weighted by Gasteiger charge is 2.16. The van der Waals surface area contributed by atoms with Gasteiger partial charge in [-0.05, 0) is 53.6 Å². The van der Waals surface area contributed by atoms with Gasteiger partial charge in [0.05, 0.1) is 0 Å². The fourth-order valence-electron chi connectivity index (χ4n) is 1.61. The molecular weight excluding hydrogens is 366 g/mol. The molecule has 1 aromatic carbocycles. The largest absolute Gasteiger partial charge is 0.449 e. The summed E-state index contributed by atoms with van der Waals surface area (Å²) in [5.74, 6) is -0.932. The summed E-state index contributed by atoms with van der Waals surface area (Å²) in [7, 11) is 0. The average molecular weight is 380 g/mol. The van der Waals surface area contributed by atoms with Crippen molar-refractivity contribution in [2.45, 2.75) is 13.0 Å². The predicted molar refractivity (Wildman–Crippen MR) is 91.7 cm³/mol. The third kappa shape index (κ3) is 5.13. The normalized spacial score (nSPS) is 12.1. The van der Waals surface area contributed by atoms with Gasteiger partial charge in [0, 0.05) is 16.2 Å². The molecule has 1 heterocycles. The van der Waals surface area contributed by atoms with Crippen LogP contribution in [0.25, 0.3) is 6.08 Å². The Hall–Kier alpha value is -1.92. The van der Waals surface area contributed by atoms with E-state index >= 15 is 0 Å². The van der Waals surface area contributed by atoms with E-state index in [2.05, 4.69) is 21.2 Å². The van der Waals surface area contributed by atoms with Crippen LogP contribution in [0.15, 0.2) is 51.6 Å². The van der Waals surface area contributed by atoms with Crippen molar-refractivity contribution >= 4 is 50.9 Å². The average Bonchev–Trinajstić information content (AvgIpc) is 2.98. The number of nitrogens with one attached hydrogen (secondary N) is 1. The van der Waals surface area contributed by atoms with Gasteiger partial charge in [-0.15, -0.1) is 0 Å². The van der Waals surface area contributed by atoms with Gasteiger partial charge in [-0.3, -0.25) is 4.79 Å². The Morgan fingerprint density at radius 2 is 2.18 bits per heavy atom. The molecule has 114 valence electrons. The van der Waals surface area contributed by atoms with Crippen LogP contribution in [0.2, 0.25) is 0 Å². The van der Waals surface area contributed by atoms with Crippen molar-refractivity contribution in [2.24, 2.45) is 0 Å². The van der Waals surface area contributed by atoms with Gasteiger partial charge >= 0.3 is 5.97 Å². The number of thiophene rings is 1. The molecular formula is C16H14BrNO3S. The van der Waals surface area contributed by atoms with E-state index in [1.54, 1.807) is 35.6 Å². The minimum absolute atomic E-state index is 0.379. The zero-order valence-electron chi connectivity index (χ0n) is 11.8. The molecule has 0 radical (unpaired) electrons. The maximum absolute atomic E-state index is 12.0. The molecule has 1 amide bonds. The number of halogens is 1. The van der Waals surface area contributed by atoms with E-state index < -0.39 is 12.1 Å². The van der Waals surface area contributed by atoms with E-state index in [-0.39, 0.29) is 5.91 Å². The molecule has 1 N–H and O–H groups in total. The summed E-state index contributed by atoms with van der Waals surface area (Å²) in [6.07, 6.45) is 2.08. The SMILES string of the molecule is C[C@@H](OC(=O)/C=C/c1ccsc1)C(=O)Nc1cccc(Br)c1. The Kier molecular flexibility index (Phi) is 5.91. The van der Waals surface area contributed by atoms with Crippen LogP contribution in [-0.4, -0.2) is 18.0 Å². The minimum atomic E-state index is -0.876.